The summed E-state index contributed by atoms with van der Waals surface area (Å²) in [6.07, 6.45) is 0.839. The molecule has 0 spiro atoms. The normalized spacial score (nSPS) is 11.4. The van der Waals surface area contributed by atoms with Crippen LogP contribution < -0.4 is 14.4 Å². The zero-order valence-electron chi connectivity index (χ0n) is 15.1. The van der Waals surface area contributed by atoms with Gasteiger partial charge in [0.25, 0.3) is 10.0 Å². The largest absolute Gasteiger partial charge is 0.497 e. The number of methoxy groups -OCH3 is 1. The summed E-state index contributed by atoms with van der Waals surface area (Å²) < 4.78 is 32.4. The molecule has 1 aromatic heterocycles. The molecule has 0 aliphatic heterocycles. The molecule has 6 nitrogen and oxygen atoms in total. The third kappa shape index (κ3) is 5.22. The van der Waals surface area contributed by atoms with E-state index in [2.05, 4.69) is 19.2 Å². The fourth-order valence-corrected chi connectivity index (χ4v) is 4.79. The minimum absolute atomic E-state index is 0.197. The van der Waals surface area contributed by atoms with Gasteiger partial charge in [-0.15, -0.1) is 11.3 Å². The molecule has 0 bridgehead atoms. The van der Waals surface area contributed by atoms with Crippen LogP contribution in [0.25, 0.3) is 0 Å². The molecule has 142 valence electrons. The first kappa shape index (κ1) is 20.3. The summed E-state index contributed by atoms with van der Waals surface area (Å²) in [7, 11) is -2.28. The number of nitrogens with one attached hydrogen (secondary N) is 1. The molecule has 1 aromatic carbocycles. The Hall–Kier alpha value is -2.06. The minimum Gasteiger partial charge on any atom is -0.497 e. The van der Waals surface area contributed by atoms with E-state index >= 15 is 0 Å². The number of carbonyl (C=O) groups excluding carboxylic acids is 1. The fraction of sp³-hybridized carbons (Fsp3) is 0.389. The highest BCUT2D eigenvalue weighted by Crippen LogP contribution is 2.27. The van der Waals surface area contributed by atoms with E-state index in [1.165, 1.54) is 13.2 Å². The summed E-state index contributed by atoms with van der Waals surface area (Å²) in [6.45, 7) is 4.38. The number of hydrogen-bond acceptors (Lipinski definition) is 5. The second-order valence-electron chi connectivity index (χ2n) is 6.17. The summed E-state index contributed by atoms with van der Waals surface area (Å²) in [5.74, 6) is 0.744. The molecule has 0 radical (unpaired) electrons. The first-order chi connectivity index (χ1) is 12.3. The van der Waals surface area contributed by atoms with Crippen molar-refractivity contribution in [3.63, 3.8) is 0 Å². The van der Waals surface area contributed by atoms with Crippen molar-refractivity contribution in [3.8, 4) is 5.75 Å². The van der Waals surface area contributed by atoms with Gasteiger partial charge in [-0.05, 0) is 48.1 Å². The average molecular weight is 397 g/mol. The molecule has 0 saturated carbocycles. The highest BCUT2D eigenvalue weighted by Gasteiger charge is 2.28. The maximum absolute atomic E-state index is 13.0. The molecule has 1 N–H and O–H groups in total. The molecular weight excluding hydrogens is 372 g/mol. The number of thiophene rings is 1. The van der Waals surface area contributed by atoms with E-state index in [-0.39, 0.29) is 16.7 Å². The zero-order valence-corrected chi connectivity index (χ0v) is 16.8. The van der Waals surface area contributed by atoms with Crippen molar-refractivity contribution in [3.05, 3.63) is 41.8 Å². The molecule has 2 aromatic rings. The molecule has 0 unspecified atom stereocenters. The lowest BCUT2D eigenvalue weighted by Gasteiger charge is -2.23. The molecule has 0 atom stereocenters. The van der Waals surface area contributed by atoms with Crippen LogP contribution in [0.2, 0.25) is 0 Å². The lowest BCUT2D eigenvalue weighted by atomic mass is 10.1. The van der Waals surface area contributed by atoms with E-state index < -0.39 is 10.0 Å². The van der Waals surface area contributed by atoms with Crippen molar-refractivity contribution in [2.75, 3.05) is 24.5 Å². The predicted molar refractivity (Wildman–Crippen MR) is 104 cm³/mol. The average Bonchev–Trinajstić information content (AvgIpc) is 3.15. The van der Waals surface area contributed by atoms with Crippen molar-refractivity contribution in [1.29, 1.82) is 0 Å². The number of amides is 1. The van der Waals surface area contributed by atoms with Crippen LogP contribution in [0.5, 0.6) is 5.75 Å². The summed E-state index contributed by atoms with van der Waals surface area (Å²) >= 11 is 1.12. The monoisotopic (exact) mass is 396 g/mol. The number of nitrogens with zero attached hydrogens (tertiary/aromatic N) is 1. The van der Waals surface area contributed by atoms with Gasteiger partial charge in [-0.25, -0.2) is 8.42 Å². The van der Waals surface area contributed by atoms with E-state index in [4.69, 9.17) is 4.74 Å². The minimum atomic E-state index is -3.82. The molecule has 26 heavy (non-hydrogen) atoms. The van der Waals surface area contributed by atoms with Crippen LogP contribution in [0.1, 0.15) is 20.3 Å². The van der Waals surface area contributed by atoms with Crippen LogP contribution in [-0.4, -0.2) is 34.5 Å². The number of hydrogen-bond donors (Lipinski definition) is 1. The van der Waals surface area contributed by atoms with Crippen LogP contribution in [0.3, 0.4) is 0 Å². The van der Waals surface area contributed by atoms with E-state index in [0.717, 1.165) is 22.1 Å². The van der Waals surface area contributed by atoms with Crippen LogP contribution in [0.15, 0.2) is 46.0 Å². The Labute approximate surface area is 158 Å². The van der Waals surface area contributed by atoms with Gasteiger partial charge in [0.05, 0.1) is 12.8 Å². The van der Waals surface area contributed by atoms with Crippen LogP contribution in [0.4, 0.5) is 5.69 Å². The SMILES string of the molecule is COc1ccc(N(CC(=O)NCCC(C)C)S(=O)(=O)c2cccs2)cc1. The highest BCUT2D eigenvalue weighted by molar-refractivity contribution is 7.94. The smallest absolute Gasteiger partial charge is 0.274 e. The topological polar surface area (TPSA) is 75.7 Å². The number of ether oxygens (including phenoxy) is 1. The van der Waals surface area contributed by atoms with E-state index in [0.29, 0.717) is 23.9 Å². The van der Waals surface area contributed by atoms with Gasteiger partial charge in [0.1, 0.15) is 16.5 Å². The second-order valence-corrected chi connectivity index (χ2v) is 9.21. The Bertz CT molecular complexity index is 800. The summed E-state index contributed by atoms with van der Waals surface area (Å²) in [4.78, 5) is 12.3. The van der Waals surface area contributed by atoms with Gasteiger partial charge in [-0.2, -0.15) is 0 Å². The van der Waals surface area contributed by atoms with Gasteiger partial charge in [-0.3, -0.25) is 9.10 Å². The third-order valence-corrected chi connectivity index (χ3v) is 6.88. The standard InChI is InChI=1S/C18H24N2O4S2/c1-14(2)10-11-19-17(21)13-20(15-6-8-16(24-3)9-7-15)26(22,23)18-5-4-12-25-18/h4-9,12,14H,10-11,13H2,1-3H3,(H,19,21). The molecule has 2 rings (SSSR count). The molecule has 0 aliphatic rings. The van der Waals surface area contributed by atoms with Crippen molar-refractivity contribution in [2.24, 2.45) is 5.92 Å². The lowest BCUT2D eigenvalue weighted by Crippen LogP contribution is -2.41. The Morgan fingerprint density at radius 3 is 2.46 bits per heavy atom. The number of sulfonamides is 1. The summed E-state index contributed by atoms with van der Waals surface area (Å²) in [6, 6.07) is 9.81. The van der Waals surface area contributed by atoms with Gasteiger partial charge in [0, 0.05) is 6.54 Å². The third-order valence-electron chi connectivity index (χ3n) is 3.73. The number of rotatable bonds is 9. The molecule has 0 aliphatic carbocycles. The van der Waals surface area contributed by atoms with Gasteiger partial charge < -0.3 is 10.1 Å². The summed E-state index contributed by atoms with van der Waals surface area (Å²) in [5, 5.41) is 4.48. The van der Waals surface area contributed by atoms with E-state index in [9.17, 15) is 13.2 Å². The maximum atomic E-state index is 13.0. The van der Waals surface area contributed by atoms with E-state index in [1.54, 1.807) is 35.7 Å². The summed E-state index contributed by atoms with van der Waals surface area (Å²) in [5.41, 5.74) is 0.415. The Kier molecular flexibility index (Phi) is 7.05. The number of benzene rings is 1. The zero-order chi connectivity index (χ0) is 19.2. The number of carbonyl (C=O) groups is 1. The van der Waals surface area contributed by atoms with Crippen LogP contribution in [0, 0.1) is 5.92 Å². The van der Waals surface area contributed by atoms with Crippen molar-refractivity contribution in [2.45, 2.75) is 24.5 Å². The van der Waals surface area contributed by atoms with Crippen LogP contribution >= 0.6 is 11.3 Å². The Morgan fingerprint density at radius 2 is 1.92 bits per heavy atom. The molecule has 1 amide bonds. The first-order valence-corrected chi connectivity index (χ1v) is 10.6. The molecule has 8 heteroatoms. The van der Waals surface area contributed by atoms with Gasteiger partial charge >= 0.3 is 0 Å². The highest BCUT2D eigenvalue weighted by atomic mass is 32.2. The van der Waals surface area contributed by atoms with Crippen molar-refractivity contribution < 1.29 is 17.9 Å². The molecular formula is C18H24N2O4S2. The van der Waals surface area contributed by atoms with Crippen molar-refractivity contribution in [1.82, 2.24) is 5.32 Å². The second kappa shape index (κ2) is 9.05. The Balaban J connectivity index is 2.25. The lowest BCUT2D eigenvalue weighted by molar-refractivity contribution is -0.119. The first-order valence-electron chi connectivity index (χ1n) is 8.31. The van der Waals surface area contributed by atoms with E-state index in [1.807, 2.05) is 0 Å². The van der Waals surface area contributed by atoms with Crippen molar-refractivity contribution >= 4 is 33.0 Å². The van der Waals surface area contributed by atoms with Gasteiger partial charge in [0.2, 0.25) is 5.91 Å². The van der Waals surface area contributed by atoms with Gasteiger partial charge in [0.15, 0.2) is 0 Å². The maximum Gasteiger partial charge on any atom is 0.274 e. The predicted octanol–water partition coefficient (Wildman–Crippen LogP) is 3.11. The molecule has 0 fully saturated rings. The Morgan fingerprint density at radius 1 is 1.23 bits per heavy atom. The molecule has 1 heterocycles. The number of anilines is 1. The molecule has 0 saturated heterocycles. The van der Waals surface area contributed by atoms with Gasteiger partial charge in [-0.1, -0.05) is 19.9 Å². The van der Waals surface area contributed by atoms with Crippen LogP contribution in [-0.2, 0) is 14.8 Å². The fourth-order valence-electron chi connectivity index (χ4n) is 2.27. The quantitative estimate of drug-likeness (QED) is 0.707.